The van der Waals surface area contributed by atoms with E-state index in [0.717, 1.165) is 12.0 Å². The second-order valence-corrected chi connectivity index (χ2v) is 6.87. The molecule has 0 aliphatic carbocycles. The lowest BCUT2D eigenvalue weighted by Gasteiger charge is -2.37. The lowest BCUT2D eigenvalue weighted by molar-refractivity contribution is -0.132. The van der Waals surface area contributed by atoms with Gasteiger partial charge in [0.2, 0.25) is 11.8 Å². The Morgan fingerprint density at radius 1 is 1.11 bits per heavy atom. The third-order valence-electron chi connectivity index (χ3n) is 5.31. The summed E-state index contributed by atoms with van der Waals surface area (Å²) >= 11 is 0. The number of nitrogens with zero attached hydrogens (tertiary/aromatic N) is 2. The number of methoxy groups -OCH3 is 2. The van der Waals surface area contributed by atoms with Crippen LogP contribution < -0.4 is 14.4 Å². The molecular formula is C22H26N2O4. The van der Waals surface area contributed by atoms with Gasteiger partial charge in [-0.1, -0.05) is 24.3 Å². The third kappa shape index (κ3) is 3.81. The van der Waals surface area contributed by atoms with Gasteiger partial charge in [0.25, 0.3) is 0 Å². The summed E-state index contributed by atoms with van der Waals surface area (Å²) in [5.41, 5.74) is 2.96. The minimum Gasteiger partial charge on any atom is -0.493 e. The Hall–Kier alpha value is -3.02. The Balaban J connectivity index is 1.85. The van der Waals surface area contributed by atoms with Crippen LogP contribution in [0.5, 0.6) is 11.5 Å². The van der Waals surface area contributed by atoms with E-state index in [4.69, 9.17) is 9.47 Å². The Bertz CT molecular complexity index is 881. The van der Waals surface area contributed by atoms with Gasteiger partial charge in [0.05, 0.1) is 26.7 Å². The van der Waals surface area contributed by atoms with E-state index in [0.29, 0.717) is 23.7 Å². The summed E-state index contributed by atoms with van der Waals surface area (Å²) in [6.45, 7) is 2.19. The molecule has 28 heavy (non-hydrogen) atoms. The number of rotatable bonds is 5. The van der Waals surface area contributed by atoms with Gasteiger partial charge in [0, 0.05) is 32.3 Å². The van der Waals surface area contributed by atoms with E-state index in [1.807, 2.05) is 24.3 Å². The predicted molar refractivity (Wildman–Crippen MR) is 108 cm³/mol. The van der Waals surface area contributed by atoms with Gasteiger partial charge in [-0.05, 0) is 29.7 Å². The number of fused-ring (bicyclic) bond motifs is 1. The number of anilines is 1. The number of hydrogen-bond donors (Lipinski definition) is 0. The van der Waals surface area contributed by atoms with Crippen LogP contribution in [0.2, 0.25) is 0 Å². The summed E-state index contributed by atoms with van der Waals surface area (Å²) in [5.74, 6) is 1.09. The summed E-state index contributed by atoms with van der Waals surface area (Å²) in [6.07, 6.45) is 1.04. The lowest BCUT2D eigenvalue weighted by atomic mass is 9.90. The smallest absolute Gasteiger partial charge is 0.229 e. The number of ether oxygens (including phenoxy) is 2. The SMILES string of the molecule is COc1ccc(N(C)C(=O)CC2c3ccccc3CCN2C(C)=O)cc1OC. The number of benzene rings is 2. The molecule has 0 saturated carbocycles. The number of carbonyl (C=O) groups is 2. The van der Waals surface area contributed by atoms with Crippen LogP contribution in [-0.4, -0.2) is 44.5 Å². The zero-order valence-corrected chi connectivity index (χ0v) is 16.8. The largest absolute Gasteiger partial charge is 0.493 e. The van der Waals surface area contributed by atoms with Gasteiger partial charge in [-0.3, -0.25) is 9.59 Å². The van der Waals surface area contributed by atoms with Crippen LogP contribution in [0.15, 0.2) is 42.5 Å². The second-order valence-electron chi connectivity index (χ2n) is 6.87. The lowest BCUT2D eigenvalue weighted by Crippen LogP contribution is -2.41. The zero-order valence-electron chi connectivity index (χ0n) is 16.8. The van der Waals surface area contributed by atoms with Crippen LogP contribution in [-0.2, 0) is 16.0 Å². The van der Waals surface area contributed by atoms with Crippen molar-refractivity contribution in [2.24, 2.45) is 0 Å². The molecule has 0 fully saturated rings. The summed E-state index contributed by atoms with van der Waals surface area (Å²) in [4.78, 5) is 28.6. The molecule has 0 aromatic heterocycles. The van der Waals surface area contributed by atoms with E-state index in [1.165, 1.54) is 5.56 Å². The van der Waals surface area contributed by atoms with Gasteiger partial charge in [-0.25, -0.2) is 0 Å². The van der Waals surface area contributed by atoms with Gasteiger partial charge in [0.1, 0.15) is 0 Å². The summed E-state index contributed by atoms with van der Waals surface area (Å²) in [5, 5.41) is 0. The molecule has 0 spiro atoms. The van der Waals surface area contributed by atoms with Crippen LogP contribution >= 0.6 is 0 Å². The number of hydrogen-bond acceptors (Lipinski definition) is 4. The second kappa shape index (κ2) is 8.33. The molecule has 1 atom stereocenters. The Kier molecular flexibility index (Phi) is 5.87. The van der Waals surface area contributed by atoms with E-state index in [1.54, 1.807) is 50.1 Å². The van der Waals surface area contributed by atoms with Crippen molar-refractivity contribution in [3.05, 3.63) is 53.6 Å². The highest BCUT2D eigenvalue weighted by Crippen LogP contribution is 2.35. The van der Waals surface area contributed by atoms with E-state index < -0.39 is 0 Å². The van der Waals surface area contributed by atoms with Crippen molar-refractivity contribution in [1.82, 2.24) is 4.90 Å². The first-order chi connectivity index (χ1) is 13.5. The van der Waals surface area contributed by atoms with Crippen molar-refractivity contribution >= 4 is 17.5 Å². The van der Waals surface area contributed by atoms with Crippen molar-refractivity contribution in [1.29, 1.82) is 0 Å². The molecule has 0 saturated heterocycles. The Labute approximate surface area is 165 Å². The first-order valence-electron chi connectivity index (χ1n) is 9.29. The van der Waals surface area contributed by atoms with Crippen LogP contribution in [0.3, 0.4) is 0 Å². The molecule has 1 unspecified atom stereocenters. The monoisotopic (exact) mass is 382 g/mol. The quantitative estimate of drug-likeness (QED) is 0.797. The highest BCUT2D eigenvalue weighted by atomic mass is 16.5. The molecule has 148 valence electrons. The molecule has 0 radical (unpaired) electrons. The van der Waals surface area contributed by atoms with E-state index >= 15 is 0 Å². The molecule has 2 aromatic carbocycles. The molecule has 1 heterocycles. The molecule has 2 amide bonds. The fourth-order valence-electron chi connectivity index (χ4n) is 3.73. The highest BCUT2D eigenvalue weighted by molar-refractivity contribution is 5.94. The highest BCUT2D eigenvalue weighted by Gasteiger charge is 2.31. The van der Waals surface area contributed by atoms with E-state index in [9.17, 15) is 9.59 Å². The fraction of sp³-hybridized carbons (Fsp3) is 0.364. The van der Waals surface area contributed by atoms with Crippen molar-refractivity contribution in [3.8, 4) is 11.5 Å². The van der Waals surface area contributed by atoms with Crippen molar-refractivity contribution in [2.45, 2.75) is 25.8 Å². The van der Waals surface area contributed by atoms with Crippen LogP contribution in [0.1, 0.15) is 30.5 Å². The third-order valence-corrected chi connectivity index (χ3v) is 5.31. The maximum atomic E-state index is 13.1. The molecule has 1 aliphatic heterocycles. The molecule has 3 rings (SSSR count). The topological polar surface area (TPSA) is 59.1 Å². The van der Waals surface area contributed by atoms with E-state index in [-0.39, 0.29) is 24.3 Å². The van der Waals surface area contributed by atoms with Gasteiger partial charge >= 0.3 is 0 Å². The molecule has 1 aliphatic rings. The number of carbonyl (C=O) groups excluding carboxylic acids is 2. The first-order valence-corrected chi connectivity index (χ1v) is 9.29. The summed E-state index contributed by atoms with van der Waals surface area (Å²) in [7, 11) is 4.87. The average Bonchev–Trinajstić information content (AvgIpc) is 2.72. The molecule has 6 nitrogen and oxygen atoms in total. The fourth-order valence-corrected chi connectivity index (χ4v) is 3.73. The van der Waals surface area contributed by atoms with E-state index in [2.05, 4.69) is 6.07 Å². The zero-order chi connectivity index (χ0) is 20.3. The summed E-state index contributed by atoms with van der Waals surface area (Å²) < 4.78 is 10.6. The van der Waals surface area contributed by atoms with Gasteiger partial charge in [-0.15, -0.1) is 0 Å². The van der Waals surface area contributed by atoms with Crippen molar-refractivity contribution < 1.29 is 19.1 Å². The maximum Gasteiger partial charge on any atom is 0.229 e. The van der Waals surface area contributed by atoms with Crippen molar-refractivity contribution in [2.75, 3.05) is 32.7 Å². The first kappa shape index (κ1) is 19.7. The maximum absolute atomic E-state index is 13.1. The molecule has 2 aromatic rings. The minimum absolute atomic E-state index is 0.0129. The van der Waals surface area contributed by atoms with Gasteiger partial charge in [-0.2, -0.15) is 0 Å². The molecule has 0 bridgehead atoms. The molecule has 6 heteroatoms. The Morgan fingerprint density at radius 3 is 2.50 bits per heavy atom. The Morgan fingerprint density at radius 2 is 1.82 bits per heavy atom. The summed E-state index contributed by atoms with van der Waals surface area (Å²) in [6, 6.07) is 13.1. The standard InChI is InChI=1S/C22H26N2O4/c1-15(25)24-12-11-16-7-5-6-8-18(16)19(24)14-22(26)23(2)17-9-10-20(27-3)21(13-17)28-4/h5-10,13,19H,11-12,14H2,1-4H3. The van der Waals surface area contributed by atoms with Crippen LogP contribution in [0.4, 0.5) is 5.69 Å². The van der Waals surface area contributed by atoms with Gasteiger partial charge in [0.15, 0.2) is 11.5 Å². The van der Waals surface area contributed by atoms with Crippen LogP contribution in [0, 0.1) is 0 Å². The minimum atomic E-state index is -0.252. The van der Waals surface area contributed by atoms with Gasteiger partial charge < -0.3 is 19.3 Å². The molecular weight excluding hydrogens is 356 g/mol. The number of amides is 2. The average molecular weight is 382 g/mol. The predicted octanol–water partition coefficient (Wildman–Crippen LogP) is 3.20. The van der Waals surface area contributed by atoms with Crippen molar-refractivity contribution in [3.63, 3.8) is 0 Å². The van der Waals surface area contributed by atoms with Crippen LogP contribution in [0.25, 0.3) is 0 Å². The normalized spacial score (nSPS) is 15.6. The molecule has 0 N–H and O–H groups in total.